The standard InChI is InChI=1S/C50H56FN7O16/c51-40-26-33(20-22-52-40)45(66)55-35(15-18-42(61)62)46(67)56-37(48(70)71)14-17-41(60)54-27-28-8-12-31(13-9-28)39(59)25-34(24-29-10-11-30-5-1-2-6-32(30)23-29)44(65)53-21-4-3-7-36(47(68)69)57-50(74)58-38(49(72)73)16-19-43(63)64/h1-2,5-6,8-13,20,22-23,26,34-38H,3-4,7,14-19,21,24-25,27H2,(H,53,65)(H,54,60)(H,55,66)(H,56,67)(H,61,62)(H,63,64)(H,68,69)(H,70,71)(H,72,73)(H2,57,58,74)/i51-1. The summed E-state index contributed by atoms with van der Waals surface area (Å²) in [6.45, 7) is 0.0357. The number of fused-ring (bicyclic) bond motifs is 1. The van der Waals surface area contributed by atoms with Gasteiger partial charge in [0.2, 0.25) is 23.7 Å². The first-order chi connectivity index (χ1) is 35.2. The van der Waals surface area contributed by atoms with Crippen LogP contribution in [0.15, 0.2) is 85.1 Å². The molecule has 11 N–H and O–H groups in total. The normalized spacial score (nSPS) is 12.9. The number of rotatable bonds is 31. The summed E-state index contributed by atoms with van der Waals surface area (Å²) in [5.74, 6) is -12.3. The minimum Gasteiger partial charge on any atom is -0.481 e. The number of amides is 6. The predicted octanol–water partition coefficient (Wildman–Crippen LogP) is 2.79. The molecule has 24 heteroatoms. The van der Waals surface area contributed by atoms with Gasteiger partial charge >= 0.3 is 35.9 Å². The zero-order valence-electron chi connectivity index (χ0n) is 39.7. The molecule has 0 saturated heterocycles. The summed E-state index contributed by atoms with van der Waals surface area (Å²) in [5, 5.41) is 62.7. The maximum atomic E-state index is 13.7. The lowest BCUT2D eigenvalue weighted by atomic mass is 9.90. The molecule has 5 atom stereocenters. The predicted molar refractivity (Wildman–Crippen MR) is 258 cm³/mol. The number of carboxylic acid groups (broad SMARTS) is 5. The van der Waals surface area contributed by atoms with Crippen LogP contribution in [0.25, 0.3) is 10.8 Å². The SMILES string of the molecule is O=C(O)CCC(NC(=O)NC(CCCCNC(=O)C(CC(=O)c1ccc(CNC(=O)CCC(NC(=O)C(CCC(=O)O)NC(=O)c2ccnc([18F])c2)C(=O)O)cc1)Cc1ccc2ccccc2c1)C(=O)O)C(=O)O. The minimum absolute atomic E-state index is 0.0421. The Bertz CT molecular complexity index is 2700. The van der Waals surface area contributed by atoms with Crippen molar-refractivity contribution in [2.75, 3.05) is 6.54 Å². The summed E-state index contributed by atoms with van der Waals surface area (Å²) in [6, 6.07) is 14.1. The van der Waals surface area contributed by atoms with E-state index in [1.54, 1.807) is 12.1 Å². The van der Waals surface area contributed by atoms with E-state index in [1.807, 2.05) is 42.5 Å². The Morgan fingerprint density at radius 1 is 0.541 bits per heavy atom. The smallest absolute Gasteiger partial charge is 0.326 e. The molecule has 0 saturated carbocycles. The van der Waals surface area contributed by atoms with Gasteiger partial charge in [0.15, 0.2) is 5.78 Å². The van der Waals surface area contributed by atoms with Crippen LogP contribution in [0.1, 0.15) is 96.1 Å². The zero-order chi connectivity index (χ0) is 54.3. The van der Waals surface area contributed by atoms with Gasteiger partial charge in [-0.15, -0.1) is 0 Å². The van der Waals surface area contributed by atoms with Crippen LogP contribution in [0.4, 0.5) is 9.18 Å². The number of unbranched alkanes of at least 4 members (excludes halogenated alkanes) is 1. The first-order valence-corrected chi connectivity index (χ1v) is 23.2. The Balaban J connectivity index is 1.31. The third-order valence-electron chi connectivity index (χ3n) is 11.5. The molecule has 6 amide bonds. The highest BCUT2D eigenvalue weighted by Crippen LogP contribution is 2.22. The molecule has 0 aliphatic rings. The third-order valence-corrected chi connectivity index (χ3v) is 11.5. The van der Waals surface area contributed by atoms with Gasteiger partial charge in [0, 0.05) is 68.1 Å². The fourth-order valence-corrected chi connectivity index (χ4v) is 7.44. The Labute approximate surface area is 421 Å². The van der Waals surface area contributed by atoms with Crippen molar-refractivity contribution in [2.45, 2.75) is 101 Å². The molecule has 3 aromatic carbocycles. The van der Waals surface area contributed by atoms with Crippen molar-refractivity contribution in [1.29, 1.82) is 0 Å². The molecule has 0 radical (unpaired) electrons. The molecule has 5 unspecified atom stereocenters. The number of nitrogens with one attached hydrogen (secondary N) is 6. The maximum Gasteiger partial charge on any atom is 0.326 e. The van der Waals surface area contributed by atoms with Gasteiger partial charge in [-0.1, -0.05) is 66.7 Å². The number of pyridine rings is 1. The first-order valence-electron chi connectivity index (χ1n) is 23.2. The van der Waals surface area contributed by atoms with E-state index in [4.69, 9.17) is 10.2 Å². The maximum absolute atomic E-state index is 13.7. The number of aromatic nitrogens is 1. The summed E-state index contributed by atoms with van der Waals surface area (Å²) in [5.41, 5.74) is 1.37. The van der Waals surface area contributed by atoms with E-state index in [0.717, 1.165) is 34.7 Å². The van der Waals surface area contributed by atoms with Crippen molar-refractivity contribution in [3.05, 3.63) is 113 Å². The molecule has 1 aromatic heterocycles. The number of urea groups is 1. The van der Waals surface area contributed by atoms with Crippen molar-refractivity contribution < 1.29 is 82.7 Å². The monoisotopic (exact) mass is 1030 g/mol. The van der Waals surface area contributed by atoms with Gasteiger partial charge in [-0.05, 0) is 72.9 Å². The summed E-state index contributed by atoms with van der Waals surface area (Å²) in [7, 11) is 0. The lowest BCUT2D eigenvalue weighted by Gasteiger charge is -2.21. The molecule has 4 aromatic rings. The molecule has 1 heterocycles. The van der Waals surface area contributed by atoms with Crippen LogP contribution < -0.4 is 31.9 Å². The molecule has 0 spiro atoms. The van der Waals surface area contributed by atoms with E-state index in [0.29, 0.717) is 5.56 Å². The molecular formula is C50H56FN7O16. The van der Waals surface area contributed by atoms with Crippen LogP contribution in [-0.4, -0.2) is 127 Å². The highest BCUT2D eigenvalue weighted by atomic mass is 18.2. The molecule has 4 rings (SSSR count). The number of Topliss-reactive ketones (excluding diaryl/α,β-unsaturated/α-hetero) is 1. The number of hydrogen-bond acceptors (Lipinski definition) is 12. The van der Waals surface area contributed by atoms with E-state index >= 15 is 0 Å². The Morgan fingerprint density at radius 3 is 1.74 bits per heavy atom. The second-order valence-electron chi connectivity index (χ2n) is 17.1. The van der Waals surface area contributed by atoms with Gasteiger partial charge in [0.1, 0.15) is 24.2 Å². The van der Waals surface area contributed by atoms with Crippen LogP contribution in [0, 0.1) is 11.9 Å². The molecular weight excluding hydrogens is 973 g/mol. The minimum atomic E-state index is -1.63. The van der Waals surface area contributed by atoms with Crippen molar-refractivity contribution in [3.63, 3.8) is 0 Å². The molecule has 23 nitrogen and oxygen atoms in total. The van der Waals surface area contributed by atoms with Gasteiger partial charge in [0.05, 0.1) is 0 Å². The Hall–Kier alpha value is -8.83. The number of hydrogen-bond donors (Lipinski definition) is 11. The molecule has 0 fully saturated rings. The van der Waals surface area contributed by atoms with Gasteiger partial charge < -0.3 is 57.4 Å². The van der Waals surface area contributed by atoms with Crippen LogP contribution in [0.2, 0.25) is 0 Å². The van der Waals surface area contributed by atoms with Crippen LogP contribution >= 0.6 is 0 Å². The second kappa shape index (κ2) is 28.9. The van der Waals surface area contributed by atoms with Crippen molar-refractivity contribution in [1.82, 2.24) is 36.9 Å². The van der Waals surface area contributed by atoms with Gasteiger partial charge in [-0.25, -0.2) is 24.2 Å². The van der Waals surface area contributed by atoms with Crippen molar-refractivity contribution in [2.24, 2.45) is 5.92 Å². The van der Waals surface area contributed by atoms with E-state index in [1.165, 1.54) is 12.1 Å². The Kier molecular flexibility index (Phi) is 22.5. The molecule has 74 heavy (non-hydrogen) atoms. The van der Waals surface area contributed by atoms with Crippen molar-refractivity contribution in [3.8, 4) is 0 Å². The fraction of sp³-hybridized carbons (Fsp3) is 0.360. The number of nitrogens with zero attached hydrogens (tertiary/aromatic N) is 1. The lowest BCUT2D eigenvalue weighted by molar-refractivity contribution is -0.143. The largest absolute Gasteiger partial charge is 0.481 e. The number of aliphatic carboxylic acids is 5. The summed E-state index contributed by atoms with van der Waals surface area (Å²) < 4.78 is 13.6. The van der Waals surface area contributed by atoms with Gasteiger partial charge in [0.25, 0.3) is 5.91 Å². The molecule has 0 bridgehead atoms. The van der Waals surface area contributed by atoms with Crippen molar-refractivity contribution >= 4 is 76.1 Å². The molecule has 0 aliphatic carbocycles. The third kappa shape index (κ3) is 19.8. The molecule has 0 aliphatic heterocycles. The quantitative estimate of drug-likeness (QED) is 0.0196. The summed E-state index contributed by atoms with van der Waals surface area (Å²) in [4.78, 5) is 139. The number of benzene rings is 3. The van der Waals surface area contributed by atoms with Gasteiger partial charge in [-0.3, -0.25) is 33.6 Å². The van der Waals surface area contributed by atoms with Crippen LogP contribution in [-0.2, 0) is 51.3 Å². The number of carboxylic acids is 5. The average Bonchev–Trinajstić information content (AvgIpc) is 3.35. The average molecular weight is 1030 g/mol. The number of carbonyl (C=O) groups is 11. The number of halogens is 1. The summed E-state index contributed by atoms with van der Waals surface area (Å²) >= 11 is 0. The number of carbonyl (C=O) groups excluding carboxylic acids is 6. The van der Waals surface area contributed by atoms with Crippen LogP contribution in [0.3, 0.4) is 0 Å². The number of ketones is 1. The fourth-order valence-electron chi connectivity index (χ4n) is 7.44. The first kappa shape index (κ1) is 57.7. The van der Waals surface area contributed by atoms with E-state index in [-0.39, 0.29) is 68.5 Å². The molecule has 394 valence electrons. The highest BCUT2D eigenvalue weighted by molar-refractivity contribution is 5.99. The second-order valence-corrected chi connectivity index (χ2v) is 17.1. The van der Waals surface area contributed by atoms with E-state index in [2.05, 4.69) is 36.9 Å². The topological polar surface area (TPSA) is 374 Å². The zero-order valence-corrected chi connectivity index (χ0v) is 39.7. The van der Waals surface area contributed by atoms with Crippen LogP contribution in [0.5, 0.6) is 0 Å². The van der Waals surface area contributed by atoms with E-state index < -0.39 is 128 Å². The highest BCUT2D eigenvalue weighted by Gasteiger charge is 2.29. The lowest BCUT2D eigenvalue weighted by Crippen LogP contribution is -2.52. The van der Waals surface area contributed by atoms with E-state index in [9.17, 15) is 72.4 Å². The Morgan fingerprint density at radius 2 is 1.12 bits per heavy atom. The van der Waals surface area contributed by atoms with Gasteiger partial charge in [-0.2, -0.15) is 4.39 Å². The summed E-state index contributed by atoms with van der Waals surface area (Å²) in [6.07, 6.45) is -1.45.